The fourth-order valence-corrected chi connectivity index (χ4v) is 9.69. The van der Waals surface area contributed by atoms with Gasteiger partial charge in [-0.05, 0) is 83.5 Å². The fraction of sp³-hybridized carbons (Fsp3) is 0.905. The third kappa shape index (κ3) is 55.5. The number of hydrogen-bond donors (Lipinski definition) is 3. The molecule has 0 saturated carbocycles. The molecule has 0 bridgehead atoms. The summed E-state index contributed by atoms with van der Waals surface area (Å²) in [7, 11) is 0. The molecular formula is C63H121NO5. The number of hydrogen-bond acceptors (Lipinski definition) is 5. The average Bonchev–Trinajstić information content (AvgIpc) is 3.35. The van der Waals surface area contributed by atoms with Crippen LogP contribution in [0.3, 0.4) is 0 Å². The number of carbonyl (C=O) groups is 2. The lowest BCUT2D eigenvalue weighted by molar-refractivity contribution is -0.143. The quantitative estimate of drug-likeness (QED) is 0.0321. The molecule has 6 heteroatoms. The van der Waals surface area contributed by atoms with Crippen LogP contribution in [0.2, 0.25) is 0 Å². The third-order valence-electron chi connectivity index (χ3n) is 14.5. The molecule has 0 aromatic rings. The molecule has 0 saturated heterocycles. The lowest BCUT2D eigenvalue weighted by Gasteiger charge is -2.22. The van der Waals surface area contributed by atoms with Gasteiger partial charge >= 0.3 is 5.97 Å². The number of carbonyl (C=O) groups excluding carboxylic acids is 2. The smallest absolute Gasteiger partial charge is 0.305 e. The van der Waals surface area contributed by atoms with E-state index in [0.717, 1.165) is 77.0 Å². The monoisotopic (exact) mass is 972 g/mol. The maximum atomic E-state index is 12.5. The van der Waals surface area contributed by atoms with Gasteiger partial charge in [-0.3, -0.25) is 9.59 Å². The SMILES string of the molecule is CCCCCCCC/C=C\CCCCCCCCCC(=O)OCCCCC/C=C\CCCCCCCC(=O)NC(CO)C(O)CCCCCCCCCCCCCCCCCCCCCCCCC. The van der Waals surface area contributed by atoms with E-state index in [0.29, 0.717) is 25.9 Å². The molecule has 0 radical (unpaired) electrons. The van der Waals surface area contributed by atoms with E-state index in [1.807, 2.05) is 0 Å². The number of aliphatic hydroxyl groups is 2. The van der Waals surface area contributed by atoms with Gasteiger partial charge in [0.15, 0.2) is 0 Å². The second kappa shape index (κ2) is 58.9. The Hall–Kier alpha value is -1.66. The van der Waals surface area contributed by atoms with Crippen LogP contribution in [0.5, 0.6) is 0 Å². The molecule has 1 amide bonds. The zero-order valence-corrected chi connectivity index (χ0v) is 46.6. The van der Waals surface area contributed by atoms with Crippen molar-refractivity contribution in [1.29, 1.82) is 0 Å². The third-order valence-corrected chi connectivity index (χ3v) is 14.5. The van der Waals surface area contributed by atoms with Crippen LogP contribution in [0.25, 0.3) is 0 Å². The number of allylic oxidation sites excluding steroid dienone is 4. The van der Waals surface area contributed by atoms with Crippen molar-refractivity contribution in [2.75, 3.05) is 13.2 Å². The van der Waals surface area contributed by atoms with Crippen LogP contribution in [0.1, 0.15) is 341 Å². The van der Waals surface area contributed by atoms with E-state index in [9.17, 15) is 19.8 Å². The van der Waals surface area contributed by atoms with Crippen LogP contribution >= 0.6 is 0 Å². The molecule has 0 aliphatic rings. The number of esters is 1. The van der Waals surface area contributed by atoms with Gasteiger partial charge in [0, 0.05) is 12.8 Å². The Morgan fingerprint density at radius 2 is 0.681 bits per heavy atom. The second-order valence-corrected chi connectivity index (χ2v) is 21.4. The Morgan fingerprint density at radius 3 is 1.03 bits per heavy atom. The number of amides is 1. The molecule has 0 aliphatic carbocycles. The summed E-state index contributed by atoms with van der Waals surface area (Å²) < 4.78 is 5.46. The summed E-state index contributed by atoms with van der Waals surface area (Å²) in [6, 6.07) is -0.562. The Morgan fingerprint density at radius 1 is 0.391 bits per heavy atom. The zero-order chi connectivity index (χ0) is 50.0. The average molecular weight is 973 g/mol. The molecule has 6 nitrogen and oxygen atoms in total. The van der Waals surface area contributed by atoms with E-state index in [1.165, 1.54) is 231 Å². The van der Waals surface area contributed by atoms with Crippen LogP contribution in [0.4, 0.5) is 0 Å². The first-order valence-corrected chi connectivity index (χ1v) is 31.1. The lowest BCUT2D eigenvalue weighted by atomic mass is 10.0. The summed E-state index contributed by atoms with van der Waals surface area (Å²) in [6.45, 7) is 4.91. The van der Waals surface area contributed by atoms with E-state index in [-0.39, 0.29) is 18.5 Å². The second-order valence-electron chi connectivity index (χ2n) is 21.4. The van der Waals surface area contributed by atoms with Gasteiger partial charge in [-0.15, -0.1) is 0 Å². The molecular weight excluding hydrogens is 851 g/mol. The molecule has 0 fully saturated rings. The summed E-state index contributed by atoms with van der Waals surface area (Å²) in [5.41, 5.74) is 0. The van der Waals surface area contributed by atoms with Crippen molar-refractivity contribution in [2.45, 2.75) is 353 Å². The standard InChI is InChI=1S/C63H121NO5/c1-3-5-7-9-11-13-15-17-19-21-22-23-24-25-26-28-29-31-35-39-43-47-51-55-61(66)60(59-65)64-62(67)56-52-48-44-40-36-33-34-38-42-46-50-54-58-69-63(68)57-53-49-45-41-37-32-30-27-20-18-16-14-12-10-8-6-4-2/h18,20,34,38,60-61,65-66H,3-17,19,21-33,35-37,39-59H2,1-2H3,(H,64,67)/b20-18-,38-34-. The Balaban J connectivity index is 3.48. The minimum atomic E-state index is -0.682. The van der Waals surface area contributed by atoms with Crippen LogP contribution in [-0.2, 0) is 14.3 Å². The molecule has 3 N–H and O–H groups in total. The number of rotatable bonds is 58. The Kier molecular flexibility index (Phi) is 57.5. The Bertz CT molecular complexity index is 1080. The molecule has 0 aliphatic heterocycles. The summed E-state index contributed by atoms with van der Waals surface area (Å²) in [4.78, 5) is 24.6. The van der Waals surface area contributed by atoms with E-state index >= 15 is 0 Å². The van der Waals surface area contributed by atoms with Gasteiger partial charge in [0.05, 0.1) is 25.4 Å². The number of aliphatic hydroxyl groups excluding tert-OH is 2. The molecule has 0 aromatic carbocycles. The first-order chi connectivity index (χ1) is 34.0. The van der Waals surface area contributed by atoms with Crippen molar-refractivity contribution in [3.05, 3.63) is 24.3 Å². The minimum absolute atomic E-state index is 0.0250. The normalized spacial score (nSPS) is 12.7. The van der Waals surface area contributed by atoms with Crippen molar-refractivity contribution < 1.29 is 24.5 Å². The molecule has 408 valence electrons. The largest absolute Gasteiger partial charge is 0.466 e. The van der Waals surface area contributed by atoms with Crippen LogP contribution < -0.4 is 5.32 Å². The van der Waals surface area contributed by atoms with Crippen LogP contribution in [-0.4, -0.2) is 47.4 Å². The molecule has 0 spiro atoms. The first-order valence-electron chi connectivity index (χ1n) is 31.1. The van der Waals surface area contributed by atoms with Crippen LogP contribution in [0, 0.1) is 0 Å². The zero-order valence-electron chi connectivity index (χ0n) is 46.6. The number of nitrogens with one attached hydrogen (secondary N) is 1. The predicted molar refractivity (Wildman–Crippen MR) is 301 cm³/mol. The highest BCUT2D eigenvalue weighted by molar-refractivity contribution is 5.76. The lowest BCUT2D eigenvalue weighted by Crippen LogP contribution is -2.45. The topological polar surface area (TPSA) is 95.9 Å². The molecule has 2 atom stereocenters. The molecule has 2 unspecified atom stereocenters. The predicted octanol–water partition coefficient (Wildman–Crippen LogP) is 19.4. The van der Waals surface area contributed by atoms with Gasteiger partial charge in [0.2, 0.25) is 5.91 Å². The van der Waals surface area contributed by atoms with E-state index in [4.69, 9.17) is 4.74 Å². The fourth-order valence-electron chi connectivity index (χ4n) is 9.69. The number of ether oxygens (including phenoxy) is 1. The van der Waals surface area contributed by atoms with Crippen molar-refractivity contribution in [2.24, 2.45) is 0 Å². The summed E-state index contributed by atoms with van der Waals surface area (Å²) >= 11 is 0. The highest BCUT2D eigenvalue weighted by Crippen LogP contribution is 2.18. The summed E-state index contributed by atoms with van der Waals surface area (Å²) in [5.74, 6) is -0.0826. The van der Waals surface area contributed by atoms with Gasteiger partial charge in [-0.2, -0.15) is 0 Å². The minimum Gasteiger partial charge on any atom is -0.466 e. The van der Waals surface area contributed by atoms with Crippen molar-refractivity contribution in [1.82, 2.24) is 5.32 Å². The molecule has 69 heavy (non-hydrogen) atoms. The molecule has 0 heterocycles. The van der Waals surface area contributed by atoms with Gasteiger partial charge in [0.1, 0.15) is 0 Å². The van der Waals surface area contributed by atoms with Crippen molar-refractivity contribution >= 4 is 11.9 Å². The Labute approximate surface area is 431 Å². The number of unbranched alkanes of at least 4 members (excludes halogenated alkanes) is 43. The first kappa shape index (κ1) is 67.3. The van der Waals surface area contributed by atoms with E-state index in [1.54, 1.807) is 0 Å². The summed E-state index contributed by atoms with van der Waals surface area (Å²) in [5, 5.41) is 23.4. The van der Waals surface area contributed by atoms with E-state index < -0.39 is 12.1 Å². The molecule has 0 aromatic heterocycles. The highest BCUT2D eigenvalue weighted by atomic mass is 16.5. The van der Waals surface area contributed by atoms with Gasteiger partial charge in [0.25, 0.3) is 0 Å². The maximum Gasteiger partial charge on any atom is 0.305 e. The van der Waals surface area contributed by atoms with Crippen molar-refractivity contribution in [3.63, 3.8) is 0 Å². The maximum absolute atomic E-state index is 12.5. The summed E-state index contributed by atoms with van der Waals surface area (Å²) in [6.07, 6.45) is 71.8. The van der Waals surface area contributed by atoms with Gasteiger partial charge in [-0.1, -0.05) is 269 Å². The van der Waals surface area contributed by atoms with Crippen molar-refractivity contribution in [3.8, 4) is 0 Å². The highest BCUT2D eigenvalue weighted by Gasteiger charge is 2.20. The van der Waals surface area contributed by atoms with Crippen LogP contribution in [0.15, 0.2) is 24.3 Å². The van der Waals surface area contributed by atoms with Gasteiger partial charge in [-0.25, -0.2) is 0 Å². The van der Waals surface area contributed by atoms with E-state index in [2.05, 4.69) is 43.5 Å². The van der Waals surface area contributed by atoms with Gasteiger partial charge < -0.3 is 20.3 Å². The molecule has 0 rings (SSSR count).